The SMILES string of the molecule is CCCCCCCCOC(=O)/C(C)=C/c1ccccc1C1C(C(=O)OCC)=C(C)NC(C)=C1C(=O)OCC. The van der Waals surface area contributed by atoms with E-state index in [1.54, 1.807) is 40.7 Å². The molecule has 0 aliphatic carbocycles. The van der Waals surface area contributed by atoms with Gasteiger partial charge in [-0.3, -0.25) is 0 Å². The topological polar surface area (TPSA) is 90.9 Å². The van der Waals surface area contributed by atoms with Gasteiger partial charge in [-0.2, -0.15) is 0 Å². The number of hydrogen-bond acceptors (Lipinski definition) is 7. The quantitative estimate of drug-likeness (QED) is 0.131. The fourth-order valence-corrected chi connectivity index (χ4v) is 4.62. The summed E-state index contributed by atoms with van der Waals surface area (Å²) in [4.78, 5) is 38.9. The largest absolute Gasteiger partial charge is 0.463 e. The van der Waals surface area contributed by atoms with Crippen molar-refractivity contribution in [1.29, 1.82) is 0 Å². The van der Waals surface area contributed by atoms with Crippen LogP contribution in [0.5, 0.6) is 0 Å². The highest BCUT2D eigenvalue weighted by Gasteiger charge is 2.38. The van der Waals surface area contributed by atoms with Gasteiger partial charge in [0.25, 0.3) is 0 Å². The molecular formula is C31H43NO6. The van der Waals surface area contributed by atoms with Gasteiger partial charge in [0.1, 0.15) is 0 Å². The van der Waals surface area contributed by atoms with Crippen LogP contribution in [0.15, 0.2) is 52.4 Å². The lowest BCUT2D eigenvalue weighted by Gasteiger charge is -2.31. The van der Waals surface area contributed by atoms with Gasteiger partial charge in [-0.15, -0.1) is 0 Å². The molecule has 0 aromatic heterocycles. The van der Waals surface area contributed by atoms with Crippen LogP contribution in [0.3, 0.4) is 0 Å². The van der Waals surface area contributed by atoms with Gasteiger partial charge < -0.3 is 19.5 Å². The number of esters is 3. The first-order valence-corrected chi connectivity index (χ1v) is 13.7. The van der Waals surface area contributed by atoms with Crippen LogP contribution in [-0.2, 0) is 28.6 Å². The molecule has 0 fully saturated rings. The minimum absolute atomic E-state index is 0.199. The zero-order chi connectivity index (χ0) is 28.1. The number of hydrogen-bond donors (Lipinski definition) is 1. The second-order valence-corrected chi connectivity index (χ2v) is 9.44. The lowest BCUT2D eigenvalue weighted by molar-refractivity contribution is -0.140. The van der Waals surface area contributed by atoms with E-state index in [4.69, 9.17) is 14.2 Å². The molecule has 1 aliphatic rings. The maximum absolute atomic E-state index is 13.1. The number of carbonyl (C=O) groups excluding carboxylic acids is 3. The van der Waals surface area contributed by atoms with E-state index < -0.39 is 17.9 Å². The zero-order valence-corrected chi connectivity index (χ0v) is 23.8. The Bertz CT molecular complexity index is 1040. The molecule has 0 bridgehead atoms. The predicted molar refractivity (Wildman–Crippen MR) is 149 cm³/mol. The summed E-state index contributed by atoms with van der Waals surface area (Å²) in [6.45, 7) is 11.7. The summed E-state index contributed by atoms with van der Waals surface area (Å²) in [6, 6.07) is 7.41. The first-order valence-electron chi connectivity index (χ1n) is 13.7. The normalized spacial score (nSPS) is 14.3. The van der Waals surface area contributed by atoms with Crippen molar-refractivity contribution in [3.05, 3.63) is 63.5 Å². The Kier molecular flexibility index (Phi) is 12.8. The van der Waals surface area contributed by atoms with Gasteiger partial charge in [0.05, 0.1) is 36.9 Å². The van der Waals surface area contributed by atoms with Crippen LogP contribution in [-0.4, -0.2) is 37.7 Å². The van der Waals surface area contributed by atoms with Crippen molar-refractivity contribution >= 4 is 24.0 Å². The van der Waals surface area contributed by atoms with Crippen LogP contribution in [0, 0.1) is 0 Å². The smallest absolute Gasteiger partial charge is 0.336 e. The summed E-state index contributed by atoms with van der Waals surface area (Å²) in [7, 11) is 0. The molecule has 0 saturated heterocycles. The Morgan fingerprint density at radius 3 is 1.95 bits per heavy atom. The van der Waals surface area contributed by atoms with Crippen molar-refractivity contribution in [1.82, 2.24) is 5.32 Å². The third-order valence-electron chi connectivity index (χ3n) is 6.48. The average molecular weight is 526 g/mol. The molecule has 38 heavy (non-hydrogen) atoms. The molecule has 1 aromatic rings. The standard InChI is InChI=1S/C31H43NO6/c1-7-10-11-12-13-16-19-38-29(33)21(4)20-24-17-14-15-18-25(24)28-26(30(34)36-8-2)22(5)32-23(6)27(28)31(35)37-9-3/h14-15,17-18,20,28,32H,7-13,16,19H2,1-6H3/b21-20+. The van der Waals surface area contributed by atoms with Crippen molar-refractivity contribution in [2.24, 2.45) is 0 Å². The van der Waals surface area contributed by atoms with E-state index in [0.717, 1.165) is 19.3 Å². The summed E-state index contributed by atoms with van der Waals surface area (Å²) < 4.78 is 16.2. The van der Waals surface area contributed by atoms with Gasteiger partial charge in [0.15, 0.2) is 0 Å². The fraction of sp³-hybridized carbons (Fsp3) is 0.516. The molecule has 0 spiro atoms. The third kappa shape index (κ3) is 8.33. The minimum Gasteiger partial charge on any atom is -0.463 e. The Balaban J connectivity index is 2.40. The molecule has 208 valence electrons. The minimum atomic E-state index is -0.728. The monoisotopic (exact) mass is 525 g/mol. The number of nitrogens with one attached hydrogen (secondary N) is 1. The summed E-state index contributed by atoms with van der Waals surface area (Å²) in [5, 5.41) is 3.15. The highest BCUT2D eigenvalue weighted by molar-refractivity contribution is 6.00. The number of ether oxygens (including phenoxy) is 3. The summed E-state index contributed by atoms with van der Waals surface area (Å²) >= 11 is 0. The molecule has 0 atom stereocenters. The van der Waals surface area contributed by atoms with E-state index in [2.05, 4.69) is 12.2 Å². The zero-order valence-electron chi connectivity index (χ0n) is 23.8. The van der Waals surface area contributed by atoms with E-state index in [-0.39, 0.29) is 19.2 Å². The number of dihydropyridines is 1. The predicted octanol–water partition coefficient (Wildman–Crippen LogP) is 6.35. The van der Waals surface area contributed by atoms with E-state index in [1.165, 1.54) is 19.3 Å². The van der Waals surface area contributed by atoms with Crippen LogP contribution in [0.25, 0.3) is 6.08 Å². The molecule has 0 radical (unpaired) electrons. The van der Waals surface area contributed by atoms with E-state index in [1.807, 2.05) is 24.3 Å². The van der Waals surface area contributed by atoms with Gasteiger partial charge in [-0.05, 0) is 58.2 Å². The van der Waals surface area contributed by atoms with Crippen LogP contribution in [0.1, 0.15) is 97.1 Å². The molecule has 0 amide bonds. The van der Waals surface area contributed by atoms with Crippen molar-refractivity contribution in [3.8, 4) is 0 Å². The lowest BCUT2D eigenvalue weighted by atomic mass is 9.78. The Labute approximate surface area is 227 Å². The Hall–Kier alpha value is -3.35. The molecule has 7 nitrogen and oxygen atoms in total. The summed E-state index contributed by atoms with van der Waals surface area (Å²) in [6.07, 6.45) is 8.42. The Morgan fingerprint density at radius 1 is 0.816 bits per heavy atom. The van der Waals surface area contributed by atoms with Crippen molar-refractivity contribution in [3.63, 3.8) is 0 Å². The summed E-state index contributed by atoms with van der Waals surface area (Å²) in [5.41, 5.74) is 3.73. The number of carbonyl (C=O) groups is 3. The maximum atomic E-state index is 13.1. The number of allylic oxidation sites excluding steroid dienone is 2. The highest BCUT2D eigenvalue weighted by Crippen LogP contribution is 2.41. The van der Waals surface area contributed by atoms with Crippen LogP contribution >= 0.6 is 0 Å². The van der Waals surface area contributed by atoms with Gasteiger partial charge in [-0.25, -0.2) is 14.4 Å². The molecule has 2 rings (SSSR count). The van der Waals surface area contributed by atoms with Crippen molar-refractivity contribution in [2.45, 2.75) is 86.0 Å². The van der Waals surface area contributed by atoms with Gasteiger partial charge >= 0.3 is 17.9 Å². The Morgan fingerprint density at radius 2 is 1.37 bits per heavy atom. The maximum Gasteiger partial charge on any atom is 0.336 e. The molecule has 1 N–H and O–H groups in total. The molecule has 0 unspecified atom stereocenters. The number of rotatable bonds is 14. The lowest BCUT2D eigenvalue weighted by Crippen LogP contribution is -2.32. The second kappa shape index (κ2) is 15.8. The van der Waals surface area contributed by atoms with Gasteiger partial charge in [-0.1, -0.05) is 63.3 Å². The molecular weight excluding hydrogens is 482 g/mol. The van der Waals surface area contributed by atoms with E-state index in [9.17, 15) is 14.4 Å². The number of benzene rings is 1. The molecule has 7 heteroatoms. The number of unbranched alkanes of at least 4 members (excludes halogenated alkanes) is 5. The first kappa shape index (κ1) is 30.9. The van der Waals surface area contributed by atoms with Gasteiger partial charge in [0.2, 0.25) is 0 Å². The molecule has 1 aliphatic heterocycles. The van der Waals surface area contributed by atoms with Gasteiger partial charge in [0, 0.05) is 17.0 Å². The molecule has 1 aromatic carbocycles. The van der Waals surface area contributed by atoms with Crippen LogP contribution in [0.2, 0.25) is 0 Å². The molecule has 1 heterocycles. The van der Waals surface area contributed by atoms with E-state index in [0.29, 0.717) is 45.8 Å². The van der Waals surface area contributed by atoms with Crippen LogP contribution in [0.4, 0.5) is 0 Å². The first-order chi connectivity index (χ1) is 18.3. The second-order valence-electron chi connectivity index (χ2n) is 9.44. The summed E-state index contributed by atoms with van der Waals surface area (Å²) in [5.74, 6) is -2.13. The fourth-order valence-electron chi connectivity index (χ4n) is 4.62. The molecule has 0 saturated carbocycles. The van der Waals surface area contributed by atoms with Crippen molar-refractivity contribution < 1.29 is 28.6 Å². The highest BCUT2D eigenvalue weighted by atomic mass is 16.5. The third-order valence-corrected chi connectivity index (χ3v) is 6.48. The van der Waals surface area contributed by atoms with E-state index >= 15 is 0 Å². The average Bonchev–Trinajstić information content (AvgIpc) is 2.88. The van der Waals surface area contributed by atoms with Crippen LogP contribution < -0.4 is 5.32 Å². The van der Waals surface area contributed by atoms with Crippen molar-refractivity contribution in [2.75, 3.05) is 19.8 Å².